The van der Waals surface area contributed by atoms with E-state index in [0.29, 0.717) is 11.3 Å². The van der Waals surface area contributed by atoms with Gasteiger partial charge in [-0.2, -0.15) is 0 Å². The Balaban J connectivity index is 1.77. The summed E-state index contributed by atoms with van der Waals surface area (Å²) in [6.45, 7) is 0.775. The van der Waals surface area contributed by atoms with Crippen molar-refractivity contribution in [3.05, 3.63) is 35.9 Å². The fourth-order valence-electron chi connectivity index (χ4n) is 2.25. The standard InChI is InChI=1S/C14H18ClNO/c15-13-8-6-11(7-9-13)10-16-14(17)12-4-2-1-3-5-12/h1-5,11,13H,6-10H2,(H,16,17). The number of nitrogens with one attached hydrogen (secondary N) is 1. The Labute approximate surface area is 107 Å². The first-order valence-electron chi connectivity index (χ1n) is 6.23. The maximum Gasteiger partial charge on any atom is 0.251 e. The lowest BCUT2D eigenvalue weighted by Gasteiger charge is -2.25. The molecule has 0 atom stereocenters. The van der Waals surface area contributed by atoms with Gasteiger partial charge in [0.15, 0.2) is 0 Å². The van der Waals surface area contributed by atoms with E-state index in [-0.39, 0.29) is 5.91 Å². The Hall–Kier alpha value is -1.02. The number of carbonyl (C=O) groups is 1. The largest absolute Gasteiger partial charge is 0.352 e. The van der Waals surface area contributed by atoms with Crippen LogP contribution in [0.4, 0.5) is 0 Å². The van der Waals surface area contributed by atoms with Gasteiger partial charge < -0.3 is 5.32 Å². The lowest BCUT2D eigenvalue weighted by Crippen LogP contribution is -2.31. The molecule has 2 rings (SSSR count). The minimum Gasteiger partial charge on any atom is -0.352 e. The molecule has 2 nitrogen and oxygen atoms in total. The fraction of sp³-hybridized carbons (Fsp3) is 0.500. The summed E-state index contributed by atoms with van der Waals surface area (Å²) in [7, 11) is 0. The van der Waals surface area contributed by atoms with Gasteiger partial charge in [-0.05, 0) is 43.7 Å². The van der Waals surface area contributed by atoms with Crippen LogP contribution >= 0.6 is 11.6 Å². The average molecular weight is 252 g/mol. The Morgan fingerprint density at radius 1 is 1.18 bits per heavy atom. The third kappa shape index (κ3) is 3.74. The first-order chi connectivity index (χ1) is 8.25. The number of carbonyl (C=O) groups excluding carboxylic acids is 1. The number of hydrogen-bond acceptors (Lipinski definition) is 1. The van der Waals surface area contributed by atoms with Crippen LogP contribution in [-0.4, -0.2) is 17.8 Å². The van der Waals surface area contributed by atoms with Crippen molar-refractivity contribution >= 4 is 17.5 Å². The minimum absolute atomic E-state index is 0.0265. The molecule has 0 heterocycles. The second-order valence-electron chi connectivity index (χ2n) is 4.69. The summed E-state index contributed by atoms with van der Waals surface area (Å²) in [5.41, 5.74) is 0.735. The second-order valence-corrected chi connectivity index (χ2v) is 5.31. The molecule has 0 bridgehead atoms. The zero-order valence-electron chi connectivity index (χ0n) is 9.86. The Bertz CT molecular complexity index is 358. The van der Waals surface area contributed by atoms with Gasteiger partial charge in [-0.1, -0.05) is 18.2 Å². The van der Waals surface area contributed by atoms with Crippen molar-refractivity contribution in [1.82, 2.24) is 5.32 Å². The van der Waals surface area contributed by atoms with Gasteiger partial charge in [0.1, 0.15) is 0 Å². The second kappa shape index (κ2) is 6.06. The molecule has 1 amide bonds. The van der Waals surface area contributed by atoms with Crippen molar-refractivity contribution < 1.29 is 4.79 Å². The summed E-state index contributed by atoms with van der Waals surface area (Å²) >= 11 is 6.05. The number of rotatable bonds is 3. The van der Waals surface area contributed by atoms with Gasteiger partial charge >= 0.3 is 0 Å². The lowest BCUT2D eigenvalue weighted by molar-refractivity contribution is 0.0944. The Morgan fingerprint density at radius 2 is 1.82 bits per heavy atom. The van der Waals surface area contributed by atoms with E-state index in [1.54, 1.807) is 0 Å². The topological polar surface area (TPSA) is 29.1 Å². The van der Waals surface area contributed by atoms with Gasteiger partial charge in [-0.15, -0.1) is 11.6 Å². The SMILES string of the molecule is O=C(NCC1CCC(Cl)CC1)c1ccccc1. The number of halogens is 1. The molecular formula is C14H18ClNO. The van der Waals surface area contributed by atoms with Crippen molar-refractivity contribution in [2.75, 3.05) is 6.54 Å². The van der Waals surface area contributed by atoms with Gasteiger partial charge in [0.2, 0.25) is 0 Å². The van der Waals surface area contributed by atoms with Crippen LogP contribution in [-0.2, 0) is 0 Å². The number of amides is 1. The predicted molar refractivity (Wildman–Crippen MR) is 70.4 cm³/mol. The fourth-order valence-corrected chi connectivity index (χ4v) is 2.51. The van der Waals surface area contributed by atoms with Crippen LogP contribution in [0.5, 0.6) is 0 Å². The van der Waals surface area contributed by atoms with Crippen LogP contribution in [0.1, 0.15) is 36.0 Å². The molecule has 1 aromatic rings. The van der Waals surface area contributed by atoms with E-state index in [2.05, 4.69) is 5.32 Å². The van der Waals surface area contributed by atoms with Crippen molar-refractivity contribution in [3.63, 3.8) is 0 Å². The van der Waals surface area contributed by atoms with Crippen LogP contribution < -0.4 is 5.32 Å². The first-order valence-corrected chi connectivity index (χ1v) is 6.66. The van der Waals surface area contributed by atoms with Gasteiger partial charge in [-0.3, -0.25) is 4.79 Å². The molecule has 1 aliphatic rings. The molecule has 17 heavy (non-hydrogen) atoms. The molecule has 1 N–H and O–H groups in total. The van der Waals surface area contributed by atoms with E-state index in [9.17, 15) is 4.79 Å². The summed E-state index contributed by atoms with van der Waals surface area (Å²) in [6, 6.07) is 9.36. The van der Waals surface area contributed by atoms with Crippen LogP contribution in [0.25, 0.3) is 0 Å². The molecule has 1 aliphatic carbocycles. The van der Waals surface area contributed by atoms with Crippen LogP contribution in [0.3, 0.4) is 0 Å². The molecule has 92 valence electrons. The smallest absolute Gasteiger partial charge is 0.251 e. The summed E-state index contributed by atoms with van der Waals surface area (Å²) in [5, 5.41) is 3.35. The zero-order chi connectivity index (χ0) is 12.1. The third-order valence-corrected chi connectivity index (χ3v) is 3.80. The molecule has 0 unspecified atom stereocenters. The highest BCUT2D eigenvalue weighted by molar-refractivity contribution is 6.20. The highest BCUT2D eigenvalue weighted by Crippen LogP contribution is 2.26. The summed E-state index contributed by atoms with van der Waals surface area (Å²) in [6.07, 6.45) is 4.41. The van der Waals surface area contributed by atoms with Gasteiger partial charge in [0, 0.05) is 17.5 Å². The van der Waals surface area contributed by atoms with E-state index < -0.39 is 0 Å². The minimum atomic E-state index is 0.0265. The van der Waals surface area contributed by atoms with Crippen LogP contribution in [0.15, 0.2) is 30.3 Å². The average Bonchev–Trinajstić information content (AvgIpc) is 2.39. The molecule has 1 saturated carbocycles. The predicted octanol–water partition coefficient (Wildman–Crippen LogP) is 3.21. The highest BCUT2D eigenvalue weighted by Gasteiger charge is 2.19. The van der Waals surface area contributed by atoms with Crippen LogP contribution in [0.2, 0.25) is 0 Å². The highest BCUT2D eigenvalue weighted by atomic mass is 35.5. The molecule has 0 spiro atoms. The normalized spacial score (nSPS) is 24.3. The van der Waals surface area contributed by atoms with Gasteiger partial charge in [0.05, 0.1) is 0 Å². The number of benzene rings is 1. The molecule has 1 fully saturated rings. The maximum absolute atomic E-state index is 11.8. The molecular weight excluding hydrogens is 234 g/mol. The quantitative estimate of drug-likeness (QED) is 0.822. The van der Waals surface area contributed by atoms with Crippen molar-refractivity contribution in [1.29, 1.82) is 0 Å². The lowest BCUT2D eigenvalue weighted by atomic mass is 9.89. The number of alkyl halides is 1. The first kappa shape index (κ1) is 12.4. The van der Waals surface area contributed by atoms with E-state index in [4.69, 9.17) is 11.6 Å². The van der Waals surface area contributed by atoms with Gasteiger partial charge in [0.25, 0.3) is 5.91 Å². The zero-order valence-corrected chi connectivity index (χ0v) is 10.6. The van der Waals surface area contributed by atoms with Gasteiger partial charge in [-0.25, -0.2) is 0 Å². The molecule has 1 aromatic carbocycles. The van der Waals surface area contributed by atoms with Crippen molar-refractivity contribution in [3.8, 4) is 0 Å². The van der Waals surface area contributed by atoms with E-state index in [1.807, 2.05) is 30.3 Å². The molecule has 0 aromatic heterocycles. The maximum atomic E-state index is 11.8. The molecule has 0 aliphatic heterocycles. The molecule has 0 saturated heterocycles. The Kier molecular flexibility index (Phi) is 4.43. The molecule has 3 heteroatoms. The van der Waals surface area contributed by atoms with Crippen molar-refractivity contribution in [2.45, 2.75) is 31.1 Å². The Morgan fingerprint density at radius 3 is 2.47 bits per heavy atom. The van der Waals surface area contributed by atoms with Crippen molar-refractivity contribution in [2.24, 2.45) is 5.92 Å². The van der Waals surface area contributed by atoms with E-state index in [0.717, 1.165) is 37.8 Å². The summed E-state index contributed by atoms with van der Waals surface area (Å²) in [4.78, 5) is 11.8. The van der Waals surface area contributed by atoms with E-state index in [1.165, 1.54) is 0 Å². The summed E-state index contributed by atoms with van der Waals surface area (Å²) in [5.74, 6) is 0.622. The third-order valence-electron chi connectivity index (χ3n) is 3.36. The summed E-state index contributed by atoms with van der Waals surface area (Å²) < 4.78 is 0. The van der Waals surface area contributed by atoms with E-state index >= 15 is 0 Å². The van der Waals surface area contributed by atoms with Crippen LogP contribution in [0, 0.1) is 5.92 Å². The molecule has 0 radical (unpaired) electrons. The number of hydrogen-bond donors (Lipinski definition) is 1. The monoisotopic (exact) mass is 251 g/mol.